The number of hydrogen-bond acceptors (Lipinski definition) is 4. The molecule has 2 atom stereocenters. The van der Waals surface area contributed by atoms with Crippen molar-refractivity contribution in [3.63, 3.8) is 0 Å². The second-order valence-electron chi connectivity index (χ2n) is 6.05. The molecule has 0 bridgehead atoms. The molecule has 1 aliphatic heterocycles. The molecule has 2 unspecified atom stereocenters. The summed E-state index contributed by atoms with van der Waals surface area (Å²) >= 11 is 0. The van der Waals surface area contributed by atoms with Gasteiger partial charge in [0, 0.05) is 31.9 Å². The predicted molar refractivity (Wildman–Crippen MR) is 82.1 cm³/mol. The first-order valence-electron chi connectivity index (χ1n) is 7.99. The van der Waals surface area contributed by atoms with Crippen LogP contribution in [-0.2, 0) is 22.5 Å². The van der Waals surface area contributed by atoms with Crippen molar-refractivity contribution < 1.29 is 9.53 Å². The summed E-state index contributed by atoms with van der Waals surface area (Å²) in [4.78, 5) is 11.7. The van der Waals surface area contributed by atoms with Gasteiger partial charge in [-0.3, -0.25) is 9.48 Å². The lowest BCUT2D eigenvalue weighted by Gasteiger charge is -2.11. The van der Waals surface area contributed by atoms with E-state index in [0.29, 0.717) is 25.3 Å². The van der Waals surface area contributed by atoms with Gasteiger partial charge in [0.1, 0.15) is 5.78 Å². The van der Waals surface area contributed by atoms with E-state index in [1.54, 1.807) is 0 Å². The lowest BCUT2D eigenvalue weighted by Crippen LogP contribution is -2.31. The number of Topliss-reactive ketones (excluding diaryl/α,β-unsaturated/α-hetero) is 1. The predicted octanol–water partition coefficient (Wildman–Crippen LogP) is 1.86. The van der Waals surface area contributed by atoms with Gasteiger partial charge in [0.25, 0.3) is 0 Å². The Balaban J connectivity index is 1.85. The zero-order chi connectivity index (χ0) is 15.2. The minimum atomic E-state index is -0.361. The Morgan fingerprint density at radius 3 is 3.10 bits per heavy atom. The fraction of sp³-hybridized carbons (Fsp3) is 0.750. The van der Waals surface area contributed by atoms with E-state index in [4.69, 9.17) is 10.5 Å². The van der Waals surface area contributed by atoms with Crippen LogP contribution in [0.25, 0.3) is 0 Å². The number of aryl methyl sites for hydroxylation is 2. The molecule has 2 N–H and O–H groups in total. The summed E-state index contributed by atoms with van der Waals surface area (Å²) in [5.41, 5.74) is 8.19. The van der Waals surface area contributed by atoms with Crippen LogP contribution in [0.3, 0.4) is 0 Å². The van der Waals surface area contributed by atoms with E-state index in [0.717, 1.165) is 43.9 Å². The van der Waals surface area contributed by atoms with Gasteiger partial charge in [0.15, 0.2) is 0 Å². The minimum absolute atomic E-state index is 0.158. The van der Waals surface area contributed by atoms with Gasteiger partial charge in [-0.1, -0.05) is 6.92 Å². The van der Waals surface area contributed by atoms with E-state index in [-0.39, 0.29) is 11.8 Å². The molecule has 0 amide bonds. The molecule has 118 valence electrons. The van der Waals surface area contributed by atoms with Crippen molar-refractivity contribution in [3.8, 4) is 0 Å². The average Bonchev–Trinajstić information content (AvgIpc) is 3.07. The van der Waals surface area contributed by atoms with Crippen molar-refractivity contribution in [1.29, 1.82) is 0 Å². The van der Waals surface area contributed by atoms with Gasteiger partial charge in [-0.25, -0.2) is 0 Å². The maximum absolute atomic E-state index is 11.7. The molecule has 5 heteroatoms. The molecule has 0 spiro atoms. The number of carbonyl (C=O) groups is 1. The topological polar surface area (TPSA) is 70.1 Å². The van der Waals surface area contributed by atoms with Crippen molar-refractivity contribution in [2.24, 2.45) is 11.7 Å². The zero-order valence-corrected chi connectivity index (χ0v) is 13.2. The van der Waals surface area contributed by atoms with E-state index in [1.165, 1.54) is 0 Å². The van der Waals surface area contributed by atoms with Gasteiger partial charge < -0.3 is 10.5 Å². The monoisotopic (exact) mass is 293 g/mol. The van der Waals surface area contributed by atoms with Gasteiger partial charge >= 0.3 is 0 Å². The third-order valence-electron chi connectivity index (χ3n) is 4.12. The third-order valence-corrected chi connectivity index (χ3v) is 4.12. The van der Waals surface area contributed by atoms with Crippen LogP contribution in [0, 0.1) is 12.8 Å². The van der Waals surface area contributed by atoms with Crippen LogP contribution < -0.4 is 5.73 Å². The van der Waals surface area contributed by atoms with Crippen molar-refractivity contribution in [2.75, 3.05) is 13.2 Å². The smallest absolute Gasteiger partial charge is 0.149 e. The molecule has 1 saturated heterocycles. The number of carbonyl (C=O) groups excluding carboxylic acids is 1. The molecule has 1 aliphatic rings. The van der Waals surface area contributed by atoms with E-state index < -0.39 is 0 Å². The number of aromatic nitrogens is 2. The highest BCUT2D eigenvalue weighted by molar-refractivity contribution is 5.83. The lowest BCUT2D eigenvalue weighted by atomic mass is 10.0. The SMILES string of the molecule is CCCC(=O)C(N)CCn1nc(CC2CCOC2)cc1C. The Labute approximate surface area is 126 Å². The van der Waals surface area contributed by atoms with Gasteiger partial charge in [0.05, 0.1) is 11.7 Å². The molecule has 0 aliphatic carbocycles. The largest absolute Gasteiger partial charge is 0.381 e. The first-order chi connectivity index (χ1) is 10.1. The average molecular weight is 293 g/mol. The van der Waals surface area contributed by atoms with Crippen LogP contribution in [-0.4, -0.2) is 34.8 Å². The Kier molecular flexibility index (Phi) is 5.94. The molecule has 0 saturated carbocycles. The standard InChI is InChI=1S/C16H27N3O2/c1-3-4-16(20)15(17)5-7-19-12(2)9-14(18-19)10-13-6-8-21-11-13/h9,13,15H,3-8,10-11,17H2,1-2H3. The number of hydrogen-bond donors (Lipinski definition) is 1. The molecule has 5 nitrogen and oxygen atoms in total. The van der Waals surface area contributed by atoms with Crippen LogP contribution >= 0.6 is 0 Å². The summed E-state index contributed by atoms with van der Waals surface area (Å²) in [5.74, 6) is 0.756. The molecule has 2 heterocycles. The molecule has 1 aromatic rings. The maximum atomic E-state index is 11.7. The first-order valence-corrected chi connectivity index (χ1v) is 7.99. The minimum Gasteiger partial charge on any atom is -0.381 e. The molecule has 21 heavy (non-hydrogen) atoms. The van der Waals surface area contributed by atoms with E-state index in [1.807, 2.05) is 11.6 Å². The Morgan fingerprint density at radius 2 is 2.43 bits per heavy atom. The van der Waals surface area contributed by atoms with E-state index in [2.05, 4.69) is 18.1 Å². The number of ketones is 1. The second kappa shape index (κ2) is 7.71. The molecule has 0 radical (unpaired) electrons. The second-order valence-corrected chi connectivity index (χ2v) is 6.05. The molecule has 2 rings (SSSR count). The van der Waals surface area contributed by atoms with Gasteiger partial charge in [-0.15, -0.1) is 0 Å². The van der Waals surface area contributed by atoms with Crippen LogP contribution in [0.1, 0.15) is 44.0 Å². The van der Waals surface area contributed by atoms with Crippen LogP contribution in [0.15, 0.2) is 6.07 Å². The molecule has 0 aromatic carbocycles. The highest BCUT2D eigenvalue weighted by atomic mass is 16.5. The van der Waals surface area contributed by atoms with E-state index in [9.17, 15) is 4.79 Å². The van der Waals surface area contributed by atoms with Crippen LogP contribution in [0.5, 0.6) is 0 Å². The van der Waals surface area contributed by atoms with Gasteiger partial charge in [-0.05, 0) is 44.6 Å². The number of ether oxygens (including phenoxy) is 1. The molecular formula is C16H27N3O2. The third kappa shape index (κ3) is 4.64. The number of nitrogens with zero attached hydrogens (tertiary/aromatic N) is 2. The molecule has 1 fully saturated rings. The number of rotatable bonds is 8. The summed E-state index contributed by atoms with van der Waals surface area (Å²) in [6, 6.07) is 1.78. The molecular weight excluding hydrogens is 266 g/mol. The summed E-state index contributed by atoms with van der Waals surface area (Å²) in [5, 5.41) is 4.64. The lowest BCUT2D eigenvalue weighted by molar-refractivity contribution is -0.120. The fourth-order valence-electron chi connectivity index (χ4n) is 2.80. The molecule has 1 aromatic heterocycles. The van der Waals surface area contributed by atoms with Crippen LogP contribution in [0.4, 0.5) is 0 Å². The fourth-order valence-corrected chi connectivity index (χ4v) is 2.80. The van der Waals surface area contributed by atoms with Gasteiger partial charge in [0.2, 0.25) is 0 Å². The Hall–Kier alpha value is -1.20. The quantitative estimate of drug-likeness (QED) is 0.794. The summed E-state index contributed by atoms with van der Waals surface area (Å²) in [7, 11) is 0. The normalized spacial score (nSPS) is 19.9. The highest BCUT2D eigenvalue weighted by Gasteiger charge is 2.18. The first kappa shape index (κ1) is 16.2. The Morgan fingerprint density at radius 1 is 1.62 bits per heavy atom. The van der Waals surface area contributed by atoms with Crippen molar-refractivity contribution in [3.05, 3.63) is 17.5 Å². The van der Waals surface area contributed by atoms with Crippen molar-refractivity contribution in [2.45, 2.75) is 58.5 Å². The summed E-state index contributed by atoms with van der Waals surface area (Å²) in [6.45, 7) is 6.49. The van der Waals surface area contributed by atoms with Crippen LogP contribution in [0.2, 0.25) is 0 Å². The maximum Gasteiger partial charge on any atom is 0.149 e. The highest BCUT2D eigenvalue weighted by Crippen LogP contribution is 2.18. The summed E-state index contributed by atoms with van der Waals surface area (Å²) in [6.07, 6.45) is 4.21. The number of nitrogens with two attached hydrogens (primary N) is 1. The van der Waals surface area contributed by atoms with Crippen molar-refractivity contribution in [1.82, 2.24) is 9.78 Å². The Bertz CT molecular complexity index is 464. The summed E-state index contributed by atoms with van der Waals surface area (Å²) < 4.78 is 7.38. The van der Waals surface area contributed by atoms with E-state index >= 15 is 0 Å². The van der Waals surface area contributed by atoms with Crippen molar-refractivity contribution >= 4 is 5.78 Å². The van der Waals surface area contributed by atoms with Gasteiger partial charge in [-0.2, -0.15) is 5.10 Å². The zero-order valence-electron chi connectivity index (χ0n) is 13.2.